The van der Waals surface area contributed by atoms with Crippen LogP contribution in [-0.4, -0.2) is 21.2 Å². The third kappa shape index (κ3) is 2.60. The van der Waals surface area contributed by atoms with Crippen LogP contribution in [0.4, 0.5) is 0 Å². The maximum atomic E-state index is 11.9. The normalized spacial score (nSPS) is 10.9. The lowest BCUT2D eigenvalue weighted by atomic mass is 10.1. The summed E-state index contributed by atoms with van der Waals surface area (Å²) in [4.78, 5) is 11.9. The van der Waals surface area contributed by atoms with Crippen LogP contribution in [0.15, 0.2) is 6.20 Å². The SMILES string of the molecule is CCc1nn(C)cc1C(=O)NC(C)(C)C#N. The number of nitrogens with zero attached hydrogens (tertiary/aromatic N) is 3. The molecule has 0 aliphatic carbocycles. The quantitative estimate of drug-likeness (QED) is 0.826. The van der Waals surface area contributed by atoms with Gasteiger partial charge in [-0.05, 0) is 20.3 Å². The Morgan fingerprint density at radius 3 is 2.81 bits per heavy atom. The number of hydrogen-bond donors (Lipinski definition) is 1. The summed E-state index contributed by atoms with van der Waals surface area (Å²) in [7, 11) is 1.77. The van der Waals surface area contributed by atoms with E-state index in [1.54, 1.807) is 31.8 Å². The van der Waals surface area contributed by atoms with Gasteiger partial charge in [-0.25, -0.2) is 0 Å². The first-order valence-electron chi connectivity index (χ1n) is 5.16. The second kappa shape index (κ2) is 4.35. The van der Waals surface area contributed by atoms with Crippen molar-refractivity contribution in [2.75, 3.05) is 0 Å². The van der Waals surface area contributed by atoms with Crippen LogP contribution >= 0.6 is 0 Å². The van der Waals surface area contributed by atoms with Crippen LogP contribution in [0.25, 0.3) is 0 Å². The van der Waals surface area contributed by atoms with Crippen molar-refractivity contribution in [3.63, 3.8) is 0 Å². The third-order valence-electron chi connectivity index (χ3n) is 2.19. The first kappa shape index (κ1) is 12.2. The fraction of sp³-hybridized carbons (Fsp3) is 0.545. The lowest BCUT2D eigenvalue weighted by Crippen LogP contribution is -2.42. The summed E-state index contributed by atoms with van der Waals surface area (Å²) in [5, 5.41) is 15.7. The standard InChI is InChI=1S/C11H16N4O/c1-5-9-8(6-15(4)14-9)10(16)13-11(2,3)7-12/h6H,5H2,1-4H3,(H,13,16). The Bertz CT molecular complexity index is 439. The number of amides is 1. The largest absolute Gasteiger partial charge is 0.334 e. The van der Waals surface area contributed by atoms with Crippen molar-refractivity contribution in [3.8, 4) is 6.07 Å². The summed E-state index contributed by atoms with van der Waals surface area (Å²) < 4.78 is 1.60. The van der Waals surface area contributed by atoms with Crippen molar-refractivity contribution in [1.29, 1.82) is 5.26 Å². The topological polar surface area (TPSA) is 70.7 Å². The molecule has 0 atom stereocenters. The monoisotopic (exact) mass is 220 g/mol. The van der Waals surface area contributed by atoms with Crippen molar-refractivity contribution in [2.45, 2.75) is 32.7 Å². The van der Waals surface area contributed by atoms with Gasteiger partial charge in [0.1, 0.15) is 5.54 Å². The molecule has 0 bridgehead atoms. The lowest BCUT2D eigenvalue weighted by Gasteiger charge is -2.16. The molecule has 1 heterocycles. The molecular formula is C11H16N4O. The van der Waals surface area contributed by atoms with Crippen LogP contribution in [0.3, 0.4) is 0 Å². The first-order chi connectivity index (χ1) is 7.39. The molecule has 0 saturated heterocycles. The van der Waals surface area contributed by atoms with Crippen LogP contribution in [0.2, 0.25) is 0 Å². The number of carbonyl (C=O) groups excluding carboxylic acids is 1. The second-order valence-electron chi connectivity index (χ2n) is 4.21. The zero-order chi connectivity index (χ0) is 12.3. The number of rotatable bonds is 3. The molecule has 0 fully saturated rings. The Kier molecular flexibility index (Phi) is 3.33. The number of nitrogens with one attached hydrogen (secondary N) is 1. The van der Waals surface area contributed by atoms with E-state index in [0.29, 0.717) is 12.0 Å². The van der Waals surface area contributed by atoms with E-state index in [1.807, 2.05) is 13.0 Å². The lowest BCUT2D eigenvalue weighted by molar-refractivity contribution is 0.0928. The number of nitriles is 1. The molecule has 0 unspecified atom stereocenters. The van der Waals surface area contributed by atoms with E-state index in [4.69, 9.17) is 5.26 Å². The highest BCUT2D eigenvalue weighted by molar-refractivity contribution is 5.95. The maximum Gasteiger partial charge on any atom is 0.255 e. The van der Waals surface area contributed by atoms with Gasteiger partial charge in [0.2, 0.25) is 0 Å². The van der Waals surface area contributed by atoms with Gasteiger partial charge >= 0.3 is 0 Å². The van der Waals surface area contributed by atoms with Crippen LogP contribution in [-0.2, 0) is 13.5 Å². The highest BCUT2D eigenvalue weighted by Crippen LogP contribution is 2.09. The minimum Gasteiger partial charge on any atom is -0.334 e. The molecule has 0 aromatic carbocycles. The summed E-state index contributed by atoms with van der Waals surface area (Å²) in [6.45, 7) is 5.26. The molecule has 1 N–H and O–H groups in total. The maximum absolute atomic E-state index is 11.9. The highest BCUT2D eigenvalue weighted by Gasteiger charge is 2.22. The van der Waals surface area contributed by atoms with Gasteiger partial charge in [0.15, 0.2) is 0 Å². The van der Waals surface area contributed by atoms with Gasteiger partial charge in [0.05, 0.1) is 17.3 Å². The zero-order valence-corrected chi connectivity index (χ0v) is 10.0. The van der Waals surface area contributed by atoms with Gasteiger partial charge in [-0.3, -0.25) is 9.48 Å². The smallest absolute Gasteiger partial charge is 0.255 e. The number of aryl methyl sites for hydroxylation is 2. The van der Waals surface area contributed by atoms with Gasteiger partial charge in [0.25, 0.3) is 5.91 Å². The van der Waals surface area contributed by atoms with E-state index in [0.717, 1.165) is 5.69 Å². The Hall–Kier alpha value is -1.83. The van der Waals surface area contributed by atoms with Crippen LogP contribution in [0, 0.1) is 11.3 Å². The summed E-state index contributed by atoms with van der Waals surface area (Å²) >= 11 is 0. The molecule has 0 radical (unpaired) electrons. The molecule has 0 aliphatic rings. The van der Waals surface area contributed by atoms with Gasteiger partial charge in [0, 0.05) is 13.2 Å². The van der Waals surface area contributed by atoms with Gasteiger partial charge in [-0.1, -0.05) is 6.92 Å². The Morgan fingerprint density at radius 2 is 2.31 bits per heavy atom. The molecule has 1 rings (SSSR count). The Morgan fingerprint density at radius 1 is 1.69 bits per heavy atom. The van der Waals surface area contributed by atoms with E-state index < -0.39 is 5.54 Å². The summed E-state index contributed by atoms with van der Waals surface area (Å²) in [6, 6.07) is 2.03. The van der Waals surface area contributed by atoms with Crippen molar-refractivity contribution < 1.29 is 4.79 Å². The van der Waals surface area contributed by atoms with Crippen molar-refractivity contribution in [1.82, 2.24) is 15.1 Å². The molecule has 5 nitrogen and oxygen atoms in total. The van der Waals surface area contributed by atoms with E-state index in [-0.39, 0.29) is 5.91 Å². The number of hydrogen-bond acceptors (Lipinski definition) is 3. The van der Waals surface area contributed by atoms with E-state index in [2.05, 4.69) is 10.4 Å². The minimum absolute atomic E-state index is 0.253. The molecule has 1 amide bonds. The fourth-order valence-electron chi connectivity index (χ4n) is 1.36. The van der Waals surface area contributed by atoms with Crippen LogP contribution < -0.4 is 5.32 Å². The second-order valence-corrected chi connectivity index (χ2v) is 4.21. The summed E-state index contributed by atoms with van der Waals surface area (Å²) in [5.74, 6) is -0.253. The predicted octanol–water partition coefficient (Wildman–Crippen LogP) is 1.01. The summed E-state index contributed by atoms with van der Waals surface area (Å²) in [5.41, 5.74) is 0.417. The van der Waals surface area contributed by atoms with Crippen molar-refractivity contribution in [3.05, 3.63) is 17.5 Å². The molecule has 0 aliphatic heterocycles. The van der Waals surface area contributed by atoms with E-state index >= 15 is 0 Å². The van der Waals surface area contributed by atoms with E-state index in [9.17, 15) is 4.79 Å². The highest BCUT2D eigenvalue weighted by atomic mass is 16.1. The first-order valence-corrected chi connectivity index (χ1v) is 5.16. The van der Waals surface area contributed by atoms with Gasteiger partial charge in [-0.15, -0.1) is 0 Å². The molecule has 5 heteroatoms. The van der Waals surface area contributed by atoms with Gasteiger partial charge in [-0.2, -0.15) is 10.4 Å². The molecule has 16 heavy (non-hydrogen) atoms. The molecule has 1 aromatic heterocycles. The molecule has 0 saturated carbocycles. The predicted molar refractivity (Wildman–Crippen MR) is 59.7 cm³/mol. The van der Waals surface area contributed by atoms with Crippen molar-refractivity contribution >= 4 is 5.91 Å². The molecule has 86 valence electrons. The van der Waals surface area contributed by atoms with E-state index in [1.165, 1.54) is 0 Å². The average Bonchev–Trinajstić information content (AvgIpc) is 2.59. The minimum atomic E-state index is -0.863. The van der Waals surface area contributed by atoms with Gasteiger partial charge < -0.3 is 5.32 Å². The molecule has 1 aromatic rings. The third-order valence-corrected chi connectivity index (χ3v) is 2.19. The fourth-order valence-corrected chi connectivity index (χ4v) is 1.36. The summed E-state index contributed by atoms with van der Waals surface area (Å²) in [6.07, 6.45) is 2.36. The number of aromatic nitrogens is 2. The van der Waals surface area contributed by atoms with Crippen LogP contribution in [0.5, 0.6) is 0 Å². The zero-order valence-electron chi connectivity index (χ0n) is 10.0. The number of carbonyl (C=O) groups is 1. The molecular weight excluding hydrogens is 204 g/mol. The van der Waals surface area contributed by atoms with Crippen molar-refractivity contribution in [2.24, 2.45) is 7.05 Å². The average molecular weight is 220 g/mol. The molecule has 0 spiro atoms. The Balaban J connectivity index is 2.93. The van der Waals surface area contributed by atoms with Crippen LogP contribution in [0.1, 0.15) is 36.8 Å². The Labute approximate surface area is 95.1 Å².